The highest BCUT2D eigenvalue weighted by Crippen LogP contribution is 2.35. The Balaban J connectivity index is 1.91. The fraction of sp³-hybridized carbons (Fsp3) is 0.263. The summed E-state index contributed by atoms with van der Waals surface area (Å²) in [4.78, 5) is 25.2. The van der Waals surface area contributed by atoms with Crippen molar-refractivity contribution >= 4 is 17.9 Å². The Morgan fingerprint density at radius 3 is 2.79 bits per heavy atom. The Morgan fingerprint density at radius 1 is 1.29 bits per heavy atom. The highest BCUT2D eigenvalue weighted by atomic mass is 16.6. The summed E-state index contributed by atoms with van der Waals surface area (Å²) in [6.07, 6.45) is 0.0576. The lowest BCUT2D eigenvalue weighted by atomic mass is 10.1. The molecule has 24 heavy (non-hydrogen) atoms. The van der Waals surface area contributed by atoms with E-state index in [1.54, 1.807) is 19.1 Å². The molecule has 0 N–H and O–H groups in total. The SMILES string of the molecule is CCOC(=O)[C@@H]1CN(Cc2ccccc2)c2ccc(C=O)cc2O1. The van der Waals surface area contributed by atoms with Crippen LogP contribution in [-0.4, -0.2) is 31.5 Å². The van der Waals surface area contributed by atoms with Crippen molar-refractivity contribution in [3.8, 4) is 5.75 Å². The Kier molecular flexibility index (Phi) is 4.79. The lowest BCUT2D eigenvalue weighted by Crippen LogP contribution is -2.45. The van der Waals surface area contributed by atoms with Gasteiger partial charge < -0.3 is 14.4 Å². The summed E-state index contributed by atoms with van der Waals surface area (Å²) in [7, 11) is 0. The van der Waals surface area contributed by atoms with E-state index >= 15 is 0 Å². The van der Waals surface area contributed by atoms with Crippen LogP contribution < -0.4 is 9.64 Å². The van der Waals surface area contributed by atoms with Gasteiger partial charge in [-0.2, -0.15) is 0 Å². The van der Waals surface area contributed by atoms with Crippen LogP contribution in [0.3, 0.4) is 0 Å². The number of carbonyl (C=O) groups excluding carboxylic acids is 2. The summed E-state index contributed by atoms with van der Waals surface area (Å²) in [6.45, 7) is 3.12. The number of carbonyl (C=O) groups is 2. The smallest absolute Gasteiger partial charge is 0.349 e. The molecular formula is C19H19NO4. The molecule has 0 aliphatic carbocycles. The van der Waals surface area contributed by atoms with Gasteiger partial charge in [0.05, 0.1) is 18.8 Å². The molecule has 2 aromatic rings. The van der Waals surface area contributed by atoms with Gasteiger partial charge in [-0.15, -0.1) is 0 Å². The number of esters is 1. The first-order valence-corrected chi connectivity index (χ1v) is 7.92. The molecule has 1 aliphatic heterocycles. The molecular weight excluding hydrogens is 306 g/mol. The van der Waals surface area contributed by atoms with Gasteiger partial charge in [-0.1, -0.05) is 30.3 Å². The molecule has 1 heterocycles. The summed E-state index contributed by atoms with van der Waals surface area (Å²) in [5.74, 6) is 0.137. The lowest BCUT2D eigenvalue weighted by molar-refractivity contribution is -0.151. The van der Waals surface area contributed by atoms with Crippen LogP contribution in [0.5, 0.6) is 5.75 Å². The van der Waals surface area contributed by atoms with Crippen molar-refractivity contribution in [1.82, 2.24) is 0 Å². The van der Waals surface area contributed by atoms with Gasteiger partial charge in [0.15, 0.2) is 0 Å². The lowest BCUT2D eigenvalue weighted by Gasteiger charge is -2.35. The van der Waals surface area contributed by atoms with Crippen LogP contribution in [0.25, 0.3) is 0 Å². The molecule has 1 aliphatic rings. The number of fused-ring (bicyclic) bond motifs is 1. The Hall–Kier alpha value is -2.82. The Labute approximate surface area is 140 Å². The quantitative estimate of drug-likeness (QED) is 0.625. The minimum absolute atomic E-state index is 0.304. The van der Waals surface area contributed by atoms with Crippen molar-refractivity contribution in [3.05, 3.63) is 59.7 Å². The van der Waals surface area contributed by atoms with Crippen LogP contribution in [0.1, 0.15) is 22.8 Å². The van der Waals surface area contributed by atoms with E-state index in [2.05, 4.69) is 4.90 Å². The Morgan fingerprint density at radius 2 is 2.08 bits per heavy atom. The maximum absolute atomic E-state index is 12.1. The van der Waals surface area contributed by atoms with E-state index < -0.39 is 12.1 Å². The minimum atomic E-state index is -0.705. The Bertz CT molecular complexity index is 729. The zero-order valence-electron chi connectivity index (χ0n) is 13.5. The zero-order valence-corrected chi connectivity index (χ0v) is 13.5. The highest BCUT2D eigenvalue weighted by molar-refractivity contribution is 5.81. The minimum Gasteiger partial charge on any atom is -0.475 e. The molecule has 0 saturated carbocycles. The standard InChI is InChI=1S/C19H19NO4/c1-2-23-19(22)18-12-20(11-14-6-4-3-5-7-14)16-9-8-15(13-21)10-17(16)24-18/h3-10,13,18H,2,11-12H2,1H3/t18-/m0/s1. The van der Waals surface area contributed by atoms with Gasteiger partial charge >= 0.3 is 5.97 Å². The number of hydrogen-bond acceptors (Lipinski definition) is 5. The second kappa shape index (κ2) is 7.17. The maximum Gasteiger partial charge on any atom is 0.349 e. The number of benzene rings is 2. The molecule has 5 nitrogen and oxygen atoms in total. The van der Waals surface area contributed by atoms with Gasteiger partial charge in [0, 0.05) is 12.1 Å². The number of ether oxygens (including phenoxy) is 2. The third-order valence-corrected chi connectivity index (χ3v) is 3.88. The number of nitrogens with zero attached hydrogens (tertiary/aromatic N) is 1. The first-order valence-electron chi connectivity index (χ1n) is 7.92. The van der Waals surface area contributed by atoms with Crippen LogP contribution in [-0.2, 0) is 16.1 Å². The molecule has 0 aromatic heterocycles. The van der Waals surface area contributed by atoms with Gasteiger partial charge in [-0.25, -0.2) is 4.79 Å². The zero-order chi connectivity index (χ0) is 16.9. The molecule has 0 saturated heterocycles. The van der Waals surface area contributed by atoms with Crippen molar-refractivity contribution in [1.29, 1.82) is 0 Å². The van der Waals surface area contributed by atoms with Crippen molar-refractivity contribution in [3.63, 3.8) is 0 Å². The largest absolute Gasteiger partial charge is 0.475 e. The fourth-order valence-electron chi connectivity index (χ4n) is 2.76. The molecule has 0 radical (unpaired) electrons. The van der Waals surface area contributed by atoms with E-state index in [0.717, 1.165) is 17.5 Å². The predicted octanol–water partition coefficient (Wildman–Crippen LogP) is 2.83. The summed E-state index contributed by atoms with van der Waals surface area (Å²) in [5, 5.41) is 0. The third-order valence-electron chi connectivity index (χ3n) is 3.88. The molecule has 2 aromatic carbocycles. The van der Waals surface area contributed by atoms with Crippen molar-refractivity contribution in [2.24, 2.45) is 0 Å². The van der Waals surface area contributed by atoms with Crippen molar-refractivity contribution in [2.45, 2.75) is 19.6 Å². The molecule has 5 heteroatoms. The summed E-state index contributed by atoms with van der Waals surface area (Å²) < 4.78 is 10.9. The topological polar surface area (TPSA) is 55.8 Å². The summed E-state index contributed by atoms with van der Waals surface area (Å²) in [6, 6.07) is 15.3. The van der Waals surface area contributed by atoms with Gasteiger partial charge in [-0.05, 0) is 30.7 Å². The average Bonchev–Trinajstić information content (AvgIpc) is 2.62. The maximum atomic E-state index is 12.1. The van der Waals surface area contributed by atoms with Crippen LogP contribution in [0.2, 0.25) is 0 Å². The first-order chi connectivity index (χ1) is 11.7. The fourth-order valence-corrected chi connectivity index (χ4v) is 2.76. The molecule has 3 rings (SSSR count). The van der Waals surface area contributed by atoms with Gasteiger partial charge in [-0.3, -0.25) is 4.79 Å². The normalized spacial score (nSPS) is 16.0. The second-order valence-corrected chi connectivity index (χ2v) is 5.57. The van der Waals surface area contributed by atoms with Gasteiger partial charge in [0.1, 0.15) is 12.0 Å². The summed E-state index contributed by atoms with van der Waals surface area (Å²) >= 11 is 0. The molecule has 0 spiro atoms. The summed E-state index contributed by atoms with van der Waals surface area (Å²) in [5.41, 5.74) is 2.51. The van der Waals surface area contributed by atoms with E-state index in [9.17, 15) is 9.59 Å². The molecule has 0 unspecified atom stereocenters. The molecule has 0 fully saturated rings. The van der Waals surface area contributed by atoms with Crippen LogP contribution in [0.4, 0.5) is 5.69 Å². The predicted molar refractivity (Wildman–Crippen MR) is 90.4 cm³/mol. The van der Waals surface area contributed by atoms with E-state index in [1.807, 2.05) is 36.4 Å². The molecule has 0 bridgehead atoms. The van der Waals surface area contributed by atoms with Crippen LogP contribution in [0.15, 0.2) is 48.5 Å². The van der Waals surface area contributed by atoms with Gasteiger partial charge in [0.2, 0.25) is 6.10 Å². The van der Waals surface area contributed by atoms with E-state index in [4.69, 9.17) is 9.47 Å². The van der Waals surface area contributed by atoms with E-state index in [1.165, 1.54) is 0 Å². The number of anilines is 1. The van der Waals surface area contributed by atoms with E-state index in [-0.39, 0.29) is 0 Å². The monoisotopic (exact) mass is 325 g/mol. The van der Waals surface area contributed by atoms with E-state index in [0.29, 0.717) is 31.0 Å². The van der Waals surface area contributed by atoms with Crippen LogP contribution >= 0.6 is 0 Å². The number of rotatable bonds is 5. The number of hydrogen-bond donors (Lipinski definition) is 0. The average molecular weight is 325 g/mol. The van der Waals surface area contributed by atoms with Crippen molar-refractivity contribution in [2.75, 3.05) is 18.1 Å². The highest BCUT2D eigenvalue weighted by Gasteiger charge is 2.32. The van der Waals surface area contributed by atoms with Crippen LogP contribution in [0, 0.1) is 0 Å². The molecule has 124 valence electrons. The third kappa shape index (κ3) is 3.40. The van der Waals surface area contributed by atoms with Gasteiger partial charge in [0.25, 0.3) is 0 Å². The first kappa shape index (κ1) is 16.1. The second-order valence-electron chi connectivity index (χ2n) is 5.57. The van der Waals surface area contributed by atoms with Crippen molar-refractivity contribution < 1.29 is 19.1 Å². The molecule has 1 atom stereocenters. The number of aldehydes is 1. The molecule has 0 amide bonds.